The number of hydrogen-bond acceptors (Lipinski definition) is 2. The highest BCUT2D eigenvalue weighted by molar-refractivity contribution is 6.32. The fourth-order valence-electron chi connectivity index (χ4n) is 0.805. The summed E-state index contributed by atoms with van der Waals surface area (Å²) in [4.78, 5) is 14.1. The van der Waals surface area contributed by atoms with Crippen LogP contribution in [0.25, 0.3) is 0 Å². The maximum absolute atomic E-state index is 10.4. The lowest BCUT2D eigenvalue weighted by molar-refractivity contribution is 0.0690. The molecule has 1 heterocycles. The number of aryl methyl sites for hydroxylation is 1. The van der Waals surface area contributed by atoms with Crippen molar-refractivity contribution >= 4 is 19.3 Å². The van der Waals surface area contributed by atoms with Crippen molar-refractivity contribution in [1.29, 1.82) is 0 Å². The van der Waals surface area contributed by atoms with Gasteiger partial charge in [-0.15, -0.1) is 0 Å². The normalized spacial score (nSPS) is 9.55. The Bertz CT molecular complexity index is 278. The zero-order valence-electron chi connectivity index (χ0n) is 6.03. The van der Waals surface area contributed by atoms with Gasteiger partial charge in [-0.05, 0) is 19.1 Å². The number of nitrogens with zero attached hydrogens (tertiary/aromatic N) is 1. The first-order chi connectivity index (χ1) is 5.09. The van der Waals surface area contributed by atoms with Gasteiger partial charge in [0.25, 0.3) is 0 Å². The summed E-state index contributed by atoms with van der Waals surface area (Å²) in [6.07, 6.45) is 0. The molecule has 0 atom stereocenters. The average Bonchev–Trinajstić information content (AvgIpc) is 1.85. The van der Waals surface area contributed by atoms with Crippen molar-refractivity contribution in [3.8, 4) is 0 Å². The first kappa shape index (κ1) is 7.79. The largest absolute Gasteiger partial charge is 0.477 e. The van der Waals surface area contributed by atoms with E-state index in [1.807, 2.05) is 0 Å². The van der Waals surface area contributed by atoms with Crippen molar-refractivity contribution in [2.45, 2.75) is 6.92 Å². The molecular formula is C7H6BNO2. The lowest BCUT2D eigenvalue weighted by Gasteiger charge is -1.98. The summed E-state index contributed by atoms with van der Waals surface area (Å²) >= 11 is 0. The van der Waals surface area contributed by atoms with Gasteiger partial charge in [0.2, 0.25) is 0 Å². The fraction of sp³-hybridized carbons (Fsp3) is 0.143. The zero-order chi connectivity index (χ0) is 8.43. The molecule has 0 aromatic carbocycles. The highest BCUT2D eigenvalue weighted by atomic mass is 16.4. The van der Waals surface area contributed by atoms with Crippen LogP contribution in [0.4, 0.5) is 0 Å². The van der Waals surface area contributed by atoms with Gasteiger partial charge >= 0.3 is 5.97 Å². The molecule has 1 N–H and O–H groups in total. The molecule has 4 heteroatoms. The maximum Gasteiger partial charge on any atom is 0.354 e. The Morgan fingerprint density at radius 1 is 1.64 bits per heavy atom. The molecule has 54 valence electrons. The lowest BCUT2D eigenvalue weighted by atomic mass is 9.96. The van der Waals surface area contributed by atoms with Gasteiger partial charge in [-0.1, -0.05) is 5.46 Å². The Morgan fingerprint density at radius 2 is 2.27 bits per heavy atom. The topological polar surface area (TPSA) is 50.2 Å². The quantitative estimate of drug-likeness (QED) is 0.563. The van der Waals surface area contributed by atoms with E-state index in [9.17, 15) is 4.79 Å². The van der Waals surface area contributed by atoms with Crippen molar-refractivity contribution in [1.82, 2.24) is 4.98 Å². The Hall–Kier alpha value is -1.32. The average molecular weight is 147 g/mol. The molecule has 3 nitrogen and oxygen atoms in total. The Morgan fingerprint density at radius 3 is 2.73 bits per heavy atom. The van der Waals surface area contributed by atoms with E-state index >= 15 is 0 Å². The number of carbonyl (C=O) groups is 1. The van der Waals surface area contributed by atoms with E-state index in [1.165, 1.54) is 6.07 Å². The molecule has 11 heavy (non-hydrogen) atoms. The number of carboxylic acid groups (broad SMARTS) is 1. The van der Waals surface area contributed by atoms with Gasteiger partial charge in [0.05, 0.1) is 0 Å². The Labute approximate surface area is 65.5 Å². The summed E-state index contributed by atoms with van der Waals surface area (Å²) in [7, 11) is 5.39. The summed E-state index contributed by atoms with van der Waals surface area (Å²) in [6, 6.07) is 2.95. The van der Waals surface area contributed by atoms with Crippen LogP contribution in [0, 0.1) is 6.92 Å². The van der Waals surface area contributed by atoms with Gasteiger partial charge in [0.1, 0.15) is 13.5 Å². The lowest BCUT2D eigenvalue weighted by Crippen LogP contribution is -2.10. The minimum absolute atomic E-state index is 0.0116. The van der Waals surface area contributed by atoms with E-state index in [1.54, 1.807) is 13.0 Å². The Balaban J connectivity index is 3.19. The summed E-state index contributed by atoms with van der Waals surface area (Å²) in [5.41, 5.74) is 1.03. The molecule has 0 spiro atoms. The number of rotatable bonds is 1. The van der Waals surface area contributed by atoms with Crippen LogP contribution in [-0.4, -0.2) is 23.9 Å². The van der Waals surface area contributed by atoms with Crippen LogP contribution in [-0.2, 0) is 0 Å². The van der Waals surface area contributed by atoms with Crippen molar-refractivity contribution in [3.05, 3.63) is 23.5 Å². The molecule has 0 amide bonds. The van der Waals surface area contributed by atoms with Gasteiger partial charge in [0.15, 0.2) is 0 Å². The van der Waals surface area contributed by atoms with E-state index in [-0.39, 0.29) is 5.69 Å². The van der Waals surface area contributed by atoms with Crippen LogP contribution < -0.4 is 5.46 Å². The smallest absolute Gasteiger partial charge is 0.354 e. The van der Waals surface area contributed by atoms with Crippen molar-refractivity contribution in [2.24, 2.45) is 0 Å². The van der Waals surface area contributed by atoms with E-state index < -0.39 is 5.97 Å². The van der Waals surface area contributed by atoms with Gasteiger partial charge in [0, 0.05) is 5.69 Å². The molecule has 0 unspecified atom stereocenters. The maximum atomic E-state index is 10.4. The first-order valence-corrected chi connectivity index (χ1v) is 3.07. The second kappa shape index (κ2) is 2.74. The van der Waals surface area contributed by atoms with Crippen molar-refractivity contribution < 1.29 is 9.90 Å². The van der Waals surface area contributed by atoms with Crippen LogP contribution in [0.3, 0.4) is 0 Å². The highest BCUT2D eigenvalue weighted by Crippen LogP contribution is 1.94. The van der Waals surface area contributed by atoms with Crippen LogP contribution in [0.2, 0.25) is 0 Å². The first-order valence-electron chi connectivity index (χ1n) is 3.07. The van der Waals surface area contributed by atoms with Crippen LogP contribution in [0.15, 0.2) is 12.1 Å². The zero-order valence-corrected chi connectivity index (χ0v) is 6.03. The van der Waals surface area contributed by atoms with Gasteiger partial charge in [-0.3, -0.25) is 0 Å². The molecule has 1 aromatic heterocycles. The molecule has 0 aliphatic rings. The number of hydrogen-bond donors (Lipinski definition) is 1. The number of pyridine rings is 1. The predicted octanol–water partition coefficient (Wildman–Crippen LogP) is -0.118. The monoisotopic (exact) mass is 147 g/mol. The summed E-state index contributed by atoms with van der Waals surface area (Å²) in [5.74, 6) is -1.06. The van der Waals surface area contributed by atoms with Crippen LogP contribution >= 0.6 is 0 Å². The third-order valence-corrected chi connectivity index (χ3v) is 1.19. The summed E-state index contributed by atoms with van der Waals surface area (Å²) < 4.78 is 0. The molecule has 1 aromatic rings. The fourth-order valence-corrected chi connectivity index (χ4v) is 0.805. The molecule has 0 bridgehead atoms. The molecular weight excluding hydrogens is 141 g/mol. The molecule has 0 aliphatic heterocycles. The van der Waals surface area contributed by atoms with Gasteiger partial charge in [-0.2, -0.15) is 0 Å². The number of carboxylic acids is 1. The second-order valence-electron chi connectivity index (χ2n) is 2.23. The molecule has 0 saturated carbocycles. The standard InChI is InChI=1S/C7H6BNO2/c1-4-2-5(8)3-6(9-4)7(10)11/h2-3H,1H3,(H,10,11). The van der Waals surface area contributed by atoms with E-state index in [0.29, 0.717) is 11.2 Å². The van der Waals surface area contributed by atoms with Crippen molar-refractivity contribution in [3.63, 3.8) is 0 Å². The SMILES string of the molecule is [B]c1cc(C)nc(C(=O)O)c1. The van der Waals surface area contributed by atoms with Crippen LogP contribution in [0.5, 0.6) is 0 Å². The van der Waals surface area contributed by atoms with Gasteiger partial charge < -0.3 is 5.11 Å². The van der Waals surface area contributed by atoms with E-state index in [2.05, 4.69) is 4.98 Å². The van der Waals surface area contributed by atoms with Crippen molar-refractivity contribution in [2.75, 3.05) is 0 Å². The van der Waals surface area contributed by atoms with E-state index in [4.69, 9.17) is 13.0 Å². The molecule has 2 radical (unpaired) electrons. The number of aromatic nitrogens is 1. The molecule has 0 saturated heterocycles. The predicted molar refractivity (Wildman–Crippen MR) is 41.3 cm³/mol. The minimum Gasteiger partial charge on any atom is -0.477 e. The molecule has 0 aliphatic carbocycles. The van der Waals surface area contributed by atoms with E-state index in [0.717, 1.165) is 0 Å². The molecule has 1 rings (SSSR count). The third kappa shape index (κ3) is 1.80. The van der Waals surface area contributed by atoms with Crippen LogP contribution in [0.1, 0.15) is 16.2 Å². The van der Waals surface area contributed by atoms with Gasteiger partial charge in [-0.25, -0.2) is 9.78 Å². The third-order valence-electron chi connectivity index (χ3n) is 1.19. The number of aromatic carboxylic acids is 1. The minimum atomic E-state index is -1.06. The summed E-state index contributed by atoms with van der Waals surface area (Å²) in [5, 5.41) is 8.52. The Kier molecular flexibility index (Phi) is 1.94. The molecule has 0 fully saturated rings. The highest BCUT2D eigenvalue weighted by Gasteiger charge is 2.03. The summed E-state index contributed by atoms with van der Waals surface area (Å²) in [6.45, 7) is 1.70. The second-order valence-corrected chi connectivity index (χ2v) is 2.23.